The molecule has 1 amide bonds. The number of aromatic nitrogens is 3. The van der Waals surface area contributed by atoms with Gasteiger partial charge < -0.3 is 15.0 Å². The van der Waals surface area contributed by atoms with Gasteiger partial charge in [0.25, 0.3) is 5.91 Å². The first kappa shape index (κ1) is 18.9. The molecule has 6 nitrogen and oxygen atoms in total. The maximum Gasteiger partial charge on any atom is 0.253 e. The molecule has 0 saturated carbocycles. The number of hydrogen-bond donors (Lipinski definition) is 2. The van der Waals surface area contributed by atoms with E-state index in [1.807, 2.05) is 6.92 Å². The first-order valence-corrected chi connectivity index (χ1v) is 9.99. The number of hydrogen-bond acceptors (Lipinski definition) is 4. The van der Waals surface area contributed by atoms with Crippen molar-refractivity contribution in [3.05, 3.63) is 58.0 Å². The topological polar surface area (TPSA) is 80.0 Å². The second-order valence-corrected chi connectivity index (χ2v) is 7.69. The first-order chi connectivity index (χ1) is 13.5. The van der Waals surface area contributed by atoms with Crippen molar-refractivity contribution in [1.29, 1.82) is 0 Å². The third-order valence-electron chi connectivity index (χ3n) is 5.15. The molecule has 1 aliphatic heterocycles. The van der Waals surface area contributed by atoms with Crippen molar-refractivity contribution in [2.45, 2.75) is 45.3 Å². The number of carbonyl (C=O) groups is 1. The molecule has 3 heterocycles. The smallest absolute Gasteiger partial charge is 0.253 e. The van der Waals surface area contributed by atoms with E-state index in [-0.39, 0.29) is 12.5 Å². The zero-order valence-electron chi connectivity index (χ0n) is 15.8. The molecule has 1 aromatic carbocycles. The minimum Gasteiger partial charge on any atom is -0.387 e. The number of halogens is 1. The average Bonchev–Trinajstić information content (AvgIpc) is 2.87. The number of nitrogens with one attached hydrogen (secondary N) is 1. The quantitative estimate of drug-likeness (QED) is 0.703. The maximum atomic E-state index is 12.9. The zero-order valence-corrected chi connectivity index (χ0v) is 16.5. The molecule has 0 bridgehead atoms. The highest BCUT2D eigenvalue weighted by Crippen LogP contribution is 2.24. The van der Waals surface area contributed by atoms with Gasteiger partial charge in [0.2, 0.25) is 0 Å². The van der Waals surface area contributed by atoms with Gasteiger partial charge in [0.15, 0.2) is 5.65 Å². The number of aryl methyl sites for hydroxylation is 3. The number of amides is 1. The highest BCUT2D eigenvalue weighted by atomic mass is 35.5. The molecule has 146 valence electrons. The van der Waals surface area contributed by atoms with Crippen LogP contribution in [0.25, 0.3) is 11.2 Å². The van der Waals surface area contributed by atoms with E-state index in [4.69, 9.17) is 16.6 Å². The minimum atomic E-state index is -0.807. The fourth-order valence-corrected chi connectivity index (χ4v) is 3.80. The van der Waals surface area contributed by atoms with Crippen molar-refractivity contribution in [1.82, 2.24) is 19.9 Å². The number of fused-ring (bicyclic) bond motifs is 3. The molecule has 4 rings (SSSR count). The van der Waals surface area contributed by atoms with Gasteiger partial charge in [-0.2, -0.15) is 0 Å². The predicted octanol–water partition coefficient (Wildman–Crippen LogP) is 3.58. The van der Waals surface area contributed by atoms with Gasteiger partial charge in [0.1, 0.15) is 11.3 Å². The lowest BCUT2D eigenvalue weighted by Gasteiger charge is -2.13. The van der Waals surface area contributed by atoms with Crippen LogP contribution in [0.4, 0.5) is 0 Å². The summed E-state index contributed by atoms with van der Waals surface area (Å²) < 4.78 is 2.15. The van der Waals surface area contributed by atoms with Gasteiger partial charge in [-0.05, 0) is 43.5 Å². The van der Waals surface area contributed by atoms with Gasteiger partial charge in [-0.15, -0.1) is 0 Å². The lowest BCUT2D eigenvalue weighted by molar-refractivity contribution is 0.0917. The molecule has 1 atom stereocenters. The van der Waals surface area contributed by atoms with E-state index in [1.165, 1.54) is 6.42 Å². The molecule has 1 aliphatic rings. The van der Waals surface area contributed by atoms with E-state index >= 15 is 0 Å². The Bertz CT molecular complexity index is 1010. The van der Waals surface area contributed by atoms with Crippen LogP contribution >= 0.6 is 11.6 Å². The van der Waals surface area contributed by atoms with E-state index in [1.54, 1.807) is 30.3 Å². The number of benzene rings is 1. The molecule has 0 fully saturated rings. The van der Waals surface area contributed by atoms with Crippen LogP contribution in [0.1, 0.15) is 52.8 Å². The number of aliphatic hydroxyl groups is 1. The standard InChI is InChI=1S/C21H23ClN4O2/c1-13-11-16(19-20(24-13)26-10-4-2-3-5-18(26)25-19)21(28)23-12-17(27)14-6-8-15(22)9-7-14/h6-9,11,17,27H,2-5,10,12H2,1H3,(H,23,28). The number of aliphatic hydroxyl groups excluding tert-OH is 1. The number of nitrogens with zero attached hydrogens (tertiary/aromatic N) is 3. The Hall–Kier alpha value is -2.44. The largest absolute Gasteiger partial charge is 0.387 e. The number of imidazole rings is 1. The van der Waals surface area contributed by atoms with Crippen LogP contribution < -0.4 is 5.32 Å². The summed E-state index contributed by atoms with van der Waals surface area (Å²) in [5.41, 5.74) is 3.41. The summed E-state index contributed by atoms with van der Waals surface area (Å²) in [6.07, 6.45) is 3.50. The Morgan fingerprint density at radius 2 is 2.04 bits per heavy atom. The number of carbonyl (C=O) groups excluding carboxylic acids is 1. The van der Waals surface area contributed by atoms with Crippen LogP contribution in [-0.2, 0) is 13.0 Å². The van der Waals surface area contributed by atoms with Crippen LogP contribution in [0.5, 0.6) is 0 Å². The minimum absolute atomic E-state index is 0.108. The molecule has 2 N–H and O–H groups in total. The Labute approximate surface area is 168 Å². The van der Waals surface area contributed by atoms with E-state index in [0.29, 0.717) is 21.7 Å². The summed E-state index contributed by atoms with van der Waals surface area (Å²) in [7, 11) is 0. The number of pyridine rings is 1. The Morgan fingerprint density at radius 1 is 1.25 bits per heavy atom. The second kappa shape index (κ2) is 7.89. The normalized spacial score (nSPS) is 15.1. The summed E-state index contributed by atoms with van der Waals surface area (Å²) >= 11 is 5.88. The van der Waals surface area contributed by atoms with Crippen molar-refractivity contribution in [2.24, 2.45) is 0 Å². The molecule has 0 aliphatic carbocycles. The molecule has 0 spiro atoms. The summed E-state index contributed by atoms with van der Waals surface area (Å²) in [4.78, 5) is 22.2. The van der Waals surface area contributed by atoms with Crippen LogP contribution in [0, 0.1) is 6.92 Å². The summed E-state index contributed by atoms with van der Waals surface area (Å²) in [5.74, 6) is 0.748. The molecule has 0 radical (unpaired) electrons. The van der Waals surface area contributed by atoms with Gasteiger partial charge in [-0.3, -0.25) is 4.79 Å². The fourth-order valence-electron chi connectivity index (χ4n) is 3.68. The molecule has 28 heavy (non-hydrogen) atoms. The molecule has 3 aromatic rings. The lowest BCUT2D eigenvalue weighted by atomic mass is 10.1. The SMILES string of the molecule is Cc1cc(C(=O)NCC(O)c2ccc(Cl)cc2)c2nc3n(c2n1)CCCCC3. The Balaban J connectivity index is 1.58. The van der Waals surface area contributed by atoms with Crippen molar-refractivity contribution in [3.8, 4) is 0 Å². The maximum absolute atomic E-state index is 12.9. The van der Waals surface area contributed by atoms with E-state index in [9.17, 15) is 9.90 Å². The van der Waals surface area contributed by atoms with Crippen molar-refractivity contribution in [2.75, 3.05) is 6.54 Å². The molecular formula is C21H23ClN4O2. The van der Waals surface area contributed by atoms with Gasteiger partial charge >= 0.3 is 0 Å². The van der Waals surface area contributed by atoms with Crippen LogP contribution in [-0.4, -0.2) is 32.1 Å². The molecule has 0 saturated heterocycles. The highest BCUT2D eigenvalue weighted by molar-refractivity contribution is 6.30. The van der Waals surface area contributed by atoms with Crippen molar-refractivity contribution < 1.29 is 9.90 Å². The van der Waals surface area contributed by atoms with Crippen molar-refractivity contribution >= 4 is 28.7 Å². The molecular weight excluding hydrogens is 376 g/mol. The van der Waals surface area contributed by atoms with Crippen LogP contribution in [0.15, 0.2) is 30.3 Å². The average molecular weight is 399 g/mol. The number of rotatable bonds is 4. The van der Waals surface area contributed by atoms with Gasteiger partial charge in [-0.25, -0.2) is 9.97 Å². The van der Waals surface area contributed by atoms with E-state index in [0.717, 1.165) is 43.0 Å². The van der Waals surface area contributed by atoms with Crippen LogP contribution in [0.2, 0.25) is 5.02 Å². The lowest BCUT2D eigenvalue weighted by Crippen LogP contribution is -2.28. The fraction of sp³-hybridized carbons (Fsp3) is 0.381. The van der Waals surface area contributed by atoms with Crippen LogP contribution in [0.3, 0.4) is 0 Å². The van der Waals surface area contributed by atoms with Gasteiger partial charge in [0, 0.05) is 30.2 Å². The van der Waals surface area contributed by atoms with Crippen molar-refractivity contribution in [3.63, 3.8) is 0 Å². The second-order valence-electron chi connectivity index (χ2n) is 7.25. The zero-order chi connectivity index (χ0) is 19.7. The highest BCUT2D eigenvalue weighted by Gasteiger charge is 2.21. The molecule has 1 unspecified atom stereocenters. The van der Waals surface area contributed by atoms with E-state index < -0.39 is 6.10 Å². The third-order valence-corrected chi connectivity index (χ3v) is 5.40. The summed E-state index contributed by atoms with van der Waals surface area (Å²) in [6.45, 7) is 2.88. The summed E-state index contributed by atoms with van der Waals surface area (Å²) in [5, 5.41) is 13.8. The first-order valence-electron chi connectivity index (χ1n) is 9.61. The Kier molecular flexibility index (Phi) is 5.33. The third kappa shape index (κ3) is 3.75. The monoisotopic (exact) mass is 398 g/mol. The molecule has 7 heteroatoms. The van der Waals surface area contributed by atoms with Gasteiger partial charge in [-0.1, -0.05) is 30.2 Å². The Morgan fingerprint density at radius 3 is 2.82 bits per heavy atom. The predicted molar refractivity (Wildman–Crippen MR) is 109 cm³/mol. The van der Waals surface area contributed by atoms with E-state index in [2.05, 4.69) is 14.9 Å². The molecule has 2 aromatic heterocycles. The van der Waals surface area contributed by atoms with Gasteiger partial charge in [0.05, 0.1) is 11.7 Å². The summed E-state index contributed by atoms with van der Waals surface area (Å²) in [6, 6.07) is 8.70.